The molecule has 1 amide bonds. The second-order valence-electron chi connectivity index (χ2n) is 3.72. The number of nitrogens with zero attached hydrogens (tertiary/aromatic N) is 1. The smallest absolute Gasteiger partial charge is 0.335 e. The lowest BCUT2D eigenvalue weighted by atomic mass is 9.99. The average molecular weight is 226 g/mol. The van der Waals surface area contributed by atoms with Gasteiger partial charge in [-0.15, -0.1) is 0 Å². The molecule has 0 spiro atoms. The first-order valence-corrected chi connectivity index (χ1v) is 4.76. The minimum Gasteiger partial charge on any atom is -0.335 e. The van der Waals surface area contributed by atoms with E-state index in [9.17, 15) is 18.0 Å². The summed E-state index contributed by atoms with van der Waals surface area (Å²) in [6.07, 6.45) is -3.72. The average Bonchev–Trinajstić information content (AvgIpc) is 2.11. The van der Waals surface area contributed by atoms with Gasteiger partial charge in [-0.25, -0.2) is 0 Å². The maximum absolute atomic E-state index is 12.0. The van der Waals surface area contributed by atoms with Crippen molar-refractivity contribution in [3.05, 3.63) is 0 Å². The zero-order valence-electron chi connectivity index (χ0n) is 9.14. The summed E-state index contributed by atoms with van der Waals surface area (Å²) in [4.78, 5) is 12.0. The van der Waals surface area contributed by atoms with E-state index in [0.717, 1.165) is 7.05 Å². The number of halogens is 3. The van der Waals surface area contributed by atoms with E-state index in [0.29, 0.717) is 11.3 Å². The molecule has 0 unspecified atom stereocenters. The number of alkyl halides is 3. The third-order valence-corrected chi connectivity index (χ3v) is 2.33. The van der Waals surface area contributed by atoms with Crippen LogP contribution in [0.4, 0.5) is 13.2 Å². The van der Waals surface area contributed by atoms with E-state index in [1.54, 1.807) is 6.92 Å². The van der Waals surface area contributed by atoms with Gasteiger partial charge < -0.3 is 10.6 Å². The molecule has 0 fully saturated rings. The third kappa shape index (κ3) is 5.01. The predicted octanol–water partition coefficient (Wildman–Crippen LogP) is 1.38. The van der Waals surface area contributed by atoms with Crippen molar-refractivity contribution in [2.75, 3.05) is 13.6 Å². The molecule has 0 rings (SSSR count). The van der Waals surface area contributed by atoms with Crippen molar-refractivity contribution in [1.82, 2.24) is 4.90 Å². The summed E-state index contributed by atoms with van der Waals surface area (Å²) in [5.74, 6) is -0.783. The van der Waals surface area contributed by atoms with Crippen LogP contribution in [0.1, 0.15) is 20.3 Å². The normalized spacial score (nSPS) is 15.9. The molecule has 2 N–H and O–H groups in total. The molecule has 0 aliphatic rings. The van der Waals surface area contributed by atoms with E-state index < -0.39 is 24.7 Å². The topological polar surface area (TPSA) is 46.3 Å². The van der Waals surface area contributed by atoms with E-state index >= 15 is 0 Å². The SMILES string of the molecule is CC[C@H](C)[C@H](N)C(=O)N(C)CC(F)(F)F. The van der Waals surface area contributed by atoms with Gasteiger partial charge in [0.25, 0.3) is 0 Å². The van der Waals surface area contributed by atoms with Gasteiger partial charge in [-0.05, 0) is 5.92 Å². The summed E-state index contributed by atoms with van der Waals surface area (Å²) in [5, 5.41) is 0. The maximum atomic E-state index is 12.0. The van der Waals surface area contributed by atoms with Crippen molar-refractivity contribution in [3.8, 4) is 0 Å². The van der Waals surface area contributed by atoms with Gasteiger partial charge >= 0.3 is 6.18 Å². The number of carbonyl (C=O) groups excluding carboxylic acids is 1. The lowest BCUT2D eigenvalue weighted by Crippen LogP contribution is -2.48. The third-order valence-electron chi connectivity index (χ3n) is 2.33. The van der Waals surface area contributed by atoms with E-state index in [2.05, 4.69) is 0 Å². The zero-order valence-corrected chi connectivity index (χ0v) is 9.14. The highest BCUT2D eigenvalue weighted by Gasteiger charge is 2.33. The Bertz CT molecular complexity index is 218. The Morgan fingerprint density at radius 3 is 2.27 bits per heavy atom. The Labute approximate surface area is 87.4 Å². The van der Waals surface area contributed by atoms with Crippen molar-refractivity contribution in [1.29, 1.82) is 0 Å². The molecule has 0 aromatic carbocycles. The van der Waals surface area contributed by atoms with E-state index in [1.807, 2.05) is 6.92 Å². The first kappa shape index (κ1) is 14.2. The highest BCUT2D eigenvalue weighted by Crippen LogP contribution is 2.17. The van der Waals surface area contributed by atoms with Crippen molar-refractivity contribution < 1.29 is 18.0 Å². The van der Waals surface area contributed by atoms with Crippen molar-refractivity contribution >= 4 is 5.91 Å². The van der Waals surface area contributed by atoms with Crippen LogP contribution >= 0.6 is 0 Å². The van der Waals surface area contributed by atoms with Crippen LogP contribution in [0.15, 0.2) is 0 Å². The highest BCUT2D eigenvalue weighted by molar-refractivity contribution is 5.81. The molecule has 0 aliphatic carbocycles. The first-order chi connectivity index (χ1) is 6.69. The Morgan fingerprint density at radius 1 is 1.47 bits per heavy atom. The Hall–Kier alpha value is -0.780. The fourth-order valence-electron chi connectivity index (χ4n) is 1.10. The molecule has 15 heavy (non-hydrogen) atoms. The summed E-state index contributed by atoms with van der Waals surface area (Å²) >= 11 is 0. The minimum atomic E-state index is -4.38. The van der Waals surface area contributed by atoms with Crippen LogP contribution in [0.2, 0.25) is 0 Å². The first-order valence-electron chi connectivity index (χ1n) is 4.76. The van der Waals surface area contributed by atoms with Crippen LogP contribution in [-0.4, -0.2) is 36.6 Å². The molecule has 0 aromatic heterocycles. The highest BCUT2D eigenvalue weighted by atomic mass is 19.4. The molecule has 0 aromatic rings. The number of carbonyl (C=O) groups is 1. The lowest BCUT2D eigenvalue weighted by molar-refractivity contribution is -0.159. The molecule has 0 aliphatic heterocycles. The Balaban J connectivity index is 4.32. The lowest BCUT2D eigenvalue weighted by Gasteiger charge is -2.25. The van der Waals surface area contributed by atoms with Crippen molar-refractivity contribution in [2.24, 2.45) is 11.7 Å². The van der Waals surface area contributed by atoms with Crippen LogP contribution < -0.4 is 5.73 Å². The standard InChI is InChI=1S/C9H17F3N2O/c1-4-6(2)7(13)8(15)14(3)5-9(10,11)12/h6-7H,4-5,13H2,1-3H3/t6-,7-/m0/s1. The molecule has 0 radical (unpaired) electrons. The van der Waals surface area contributed by atoms with Crippen LogP contribution in [0.3, 0.4) is 0 Å². The fraction of sp³-hybridized carbons (Fsp3) is 0.889. The molecule has 2 atom stereocenters. The molecule has 0 saturated carbocycles. The second-order valence-corrected chi connectivity index (χ2v) is 3.72. The van der Waals surface area contributed by atoms with Gasteiger partial charge in [0.1, 0.15) is 6.54 Å². The summed E-state index contributed by atoms with van der Waals surface area (Å²) in [5.41, 5.74) is 5.53. The number of rotatable bonds is 4. The van der Waals surface area contributed by atoms with Gasteiger partial charge in [0.05, 0.1) is 6.04 Å². The molecule has 0 heterocycles. The van der Waals surface area contributed by atoms with Gasteiger partial charge in [-0.1, -0.05) is 20.3 Å². The molecule has 0 saturated heterocycles. The molecule has 0 bridgehead atoms. The molecule has 90 valence electrons. The monoisotopic (exact) mass is 226 g/mol. The number of hydrogen-bond acceptors (Lipinski definition) is 2. The van der Waals surface area contributed by atoms with Gasteiger partial charge in [0.15, 0.2) is 0 Å². The molecular formula is C9H17F3N2O. The number of amides is 1. The summed E-state index contributed by atoms with van der Waals surface area (Å²) in [6, 6.07) is -0.859. The van der Waals surface area contributed by atoms with Gasteiger partial charge in [0, 0.05) is 7.05 Å². The van der Waals surface area contributed by atoms with E-state index in [4.69, 9.17) is 5.73 Å². The Morgan fingerprint density at radius 2 is 1.93 bits per heavy atom. The van der Waals surface area contributed by atoms with Crippen LogP contribution in [-0.2, 0) is 4.79 Å². The van der Waals surface area contributed by atoms with Crippen LogP contribution in [0.5, 0.6) is 0 Å². The van der Waals surface area contributed by atoms with Crippen LogP contribution in [0, 0.1) is 5.92 Å². The van der Waals surface area contributed by atoms with E-state index in [-0.39, 0.29) is 5.92 Å². The number of hydrogen-bond donors (Lipinski definition) is 1. The minimum absolute atomic E-state index is 0.117. The largest absolute Gasteiger partial charge is 0.406 e. The van der Waals surface area contributed by atoms with Gasteiger partial charge in [-0.3, -0.25) is 4.79 Å². The summed E-state index contributed by atoms with van der Waals surface area (Å²) in [6.45, 7) is 2.32. The van der Waals surface area contributed by atoms with E-state index in [1.165, 1.54) is 0 Å². The van der Waals surface area contributed by atoms with Crippen molar-refractivity contribution in [3.63, 3.8) is 0 Å². The summed E-state index contributed by atoms with van der Waals surface area (Å²) < 4.78 is 35.9. The Kier molecular flexibility index (Phi) is 5.07. The molecule has 6 heteroatoms. The van der Waals surface area contributed by atoms with Crippen LogP contribution in [0.25, 0.3) is 0 Å². The summed E-state index contributed by atoms with van der Waals surface area (Å²) in [7, 11) is 1.11. The molecular weight excluding hydrogens is 209 g/mol. The van der Waals surface area contributed by atoms with Gasteiger partial charge in [0.2, 0.25) is 5.91 Å². The number of nitrogens with two attached hydrogens (primary N) is 1. The second kappa shape index (κ2) is 5.34. The van der Waals surface area contributed by atoms with Crippen molar-refractivity contribution in [2.45, 2.75) is 32.5 Å². The fourth-order valence-corrected chi connectivity index (χ4v) is 1.10. The van der Waals surface area contributed by atoms with Gasteiger partial charge in [-0.2, -0.15) is 13.2 Å². The predicted molar refractivity (Wildman–Crippen MR) is 51.1 cm³/mol. The quantitative estimate of drug-likeness (QED) is 0.787. The maximum Gasteiger partial charge on any atom is 0.406 e. The zero-order chi connectivity index (χ0) is 12.2. The number of likely N-dealkylation sites (N-methyl/N-ethyl adjacent to an activating group) is 1. The molecule has 3 nitrogen and oxygen atoms in total.